The van der Waals surface area contributed by atoms with Gasteiger partial charge in [-0.25, -0.2) is 0 Å². The van der Waals surface area contributed by atoms with Crippen LogP contribution in [0.4, 0.5) is 0 Å². The van der Waals surface area contributed by atoms with E-state index >= 15 is 0 Å². The molecule has 0 radical (unpaired) electrons. The van der Waals surface area contributed by atoms with E-state index in [1.807, 2.05) is 6.26 Å². The van der Waals surface area contributed by atoms with Crippen molar-refractivity contribution in [3.05, 3.63) is 29.7 Å². The number of hydrogen-bond acceptors (Lipinski definition) is 3. The minimum Gasteiger partial charge on any atom is -0.465 e. The van der Waals surface area contributed by atoms with Crippen LogP contribution in [0.15, 0.2) is 22.8 Å². The average molecular weight is 314 g/mol. The number of rotatable bonds is 1. The Balaban J connectivity index is 1.58. The van der Waals surface area contributed by atoms with Crippen molar-refractivity contribution >= 4 is 6.08 Å². The van der Waals surface area contributed by atoms with Crippen molar-refractivity contribution in [1.82, 2.24) is 0 Å². The molecule has 0 aliphatic heterocycles. The van der Waals surface area contributed by atoms with Crippen LogP contribution in [0.25, 0.3) is 6.08 Å². The minimum absolute atomic E-state index is 0.0754. The van der Waals surface area contributed by atoms with Crippen molar-refractivity contribution in [2.75, 3.05) is 6.61 Å². The van der Waals surface area contributed by atoms with Gasteiger partial charge in [-0.15, -0.1) is 0 Å². The molecule has 3 fully saturated rings. The van der Waals surface area contributed by atoms with Gasteiger partial charge in [-0.2, -0.15) is 0 Å². The standard InChI is InChI=1S/C20H26O3/c1-18-7-5-16-14(6-9-23-16)15(18)4-8-19-10-13(2-3-17(18)19)20(22,11-19)12-21/h5-7,9,13,15,17,21-22H,2-4,8,10-12H2,1H3/t13-,15+,17+,18-,19+,20+/m1/s1. The number of aliphatic hydroxyl groups excluding tert-OH is 1. The predicted octanol–water partition coefficient (Wildman–Crippen LogP) is 3.72. The second-order valence-corrected chi connectivity index (χ2v) is 8.86. The lowest BCUT2D eigenvalue weighted by Crippen LogP contribution is -2.49. The van der Waals surface area contributed by atoms with Crippen molar-refractivity contribution in [3.8, 4) is 0 Å². The highest BCUT2D eigenvalue weighted by Gasteiger charge is 2.65. The van der Waals surface area contributed by atoms with E-state index in [0.717, 1.165) is 31.4 Å². The summed E-state index contributed by atoms with van der Waals surface area (Å²) < 4.78 is 5.64. The summed E-state index contributed by atoms with van der Waals surface area (Å²) in [5.74, 6) is 2.47. The smallest absolute Gasteiger partial charge is 0.129 e. The van der Waals surface area contributed by atoms with Crippen molar-refractivity contribution in [1.29, 1.82) is 0 Å². The summed E-state index contributed by atoms with van der Waals surface area (Å²) in [7, 11) is 0. The lowest BCUT2D eigenvalue weighted by atomic mass is 9.46. The fraction of sp³-hybridized carbons (Fsp3) is 0.700. The van der Waals surface area contributed by atoms with Crippen molar-refractivity contribution in [2.24, 2.45) is 22.7 Å². The van der Waals surface area contributed by atoms with Gasteiger partial charge in [-0.05, 0) is 79.3 Å². The Morgan fingerprint density at radius 1 is 1.30 bits per heavy atom. The Morgan fingerprint density at radius 2 is 2.17 bits per heavy atom. The van der Waals surface area contributed by atoms with Crippen LogP contribution in [0, 0.1) is 22.7 Å². The van der Waals surface area contributed by atoms with Crippen LogP contribution in [-0.4, -0.2) is 22.4 Å². The molecule has 1 heterocycles. The molecule has 124 valence electrons. The molecule has 6 atom stereocenters. The molecule has 0 saturated heterocycles. The van der Waals surface area contributed by atoms with Crippen LogP contribution in [0.1, 0.15) is 62.7 Å². The quantitative estimate of drug-likeness (QED) is 0.830. The number of hydrogen-bond donors (Lipinski definition) is 2. The van der Waals surface area contributed by atoms with Crippen LogP contribution in [0.3, 0.4) is 0 Å². The molecule has 3 saturated carbocycles. The normalized spacial score (nSPS) is 50.3. The van der Waals surface area contributed by atoms with Crippen LogP contribution in [0.5, 0.6) is 0 Å². The molecule has 1 aromatic heterocycles. The summed E-state index contributed by atoms with van der Waals surface area (Å²) in [4.78, 5) is 0. The first kappa shape index (κ1) is 14.3. The topological polar surface area (TPSA) is 53.6 Å². The summed E-state index contributed by atoms with van der Waals surface area (Å²) >= 11 is 0. The van der Waals surface area contributed by atoms with E-state index in [1.165, 1.54) is 18.4 Å². The Labute approximate surface area is 137 Å². The van der Waals surface area contributed by atoms with Gasteiger partial charge in [0.25, 0.3) is 0 Å². The molecule has 0 amide bonds. The van der Waals surface area contributed by atoms with Crippen LogP contribution in [0.2, 0.25) is 0 Å². The van der Waals surface area contributed by atoms with E-state index in [-0.39, 0.29) is 17.4 Å². The molecule has 3 nitrogen and oxygen atoms in total. The monoisotopic (exact) mass is 314 g/mol. The zero-order valence-corrected chi connectivity index (χ0v) is 13.8. The second-order valence-electron chi connectivity index (χ2n) is 8.86. The van der Waals surface area contributed by atoms with Crippen LogP contribution in [-0.2, 0) is 0 Å². The highest BCUT2D eigenvalue weighted by molar-refractivity contribution is 5.55. The van der Waals surface area contributed by atoms with E-state index in [4.69, 9.17) is 4.42 Å². The van der Waals surface area contributed by atoms with E-state index in [0.29, 0.717) is 17.8 Å². The fourth-order valence-electron chi connectivity index (χ4n) is 7.06. The van der Waals surface area contributed by atoms with Crippen molar-refractivity contribution in [2.45, 2.75) is 57.0 Å². The predicted molar refractivity (Wildman–Crippen MR) is 87.7 cm³/mol. The molecule has 1 aromatic rings. The van der Waals surface area contributed by atoms with E-state index in [9.17, 15) is 10.2 Å². The third kappa shape index (κ3) is 1.63. The van der Waals surface area contributed by atoms with Crippen LogP contribution >= 0.6 is 0 Å². The molecule has 2 bridgehead atoms. The molecule has 0 aromatic carbocycles. The Hall–Kier alpha value is -1.06. The van der Waals surface area contributed by atoms with Gasteiger partial charge in [-0.1, -0.05) is 13.0 Å². The zero-order chi connectivity index (χ0) is 15.9. The first-order valence-corrected chi connectivity index (χ1v) is 9.11. The number of fused-ring (bicyclic) bond motifs is 5. The molecule has 23 heavy (non-hydrogen) atoms. The lowest BCUT2D eigenvalue weighted by molar-refractivity contribution is -0.0517. The minimum atomic E-state index is -0.836. The molecule has 5 rings (SSSR count). The molecule has 2 N–H and O–H groups in total. The summed E-state index contributed by atoms with van der Waals surface area (Å²) in [6, 6.07) is 2.16. The van der Waals surface area contributed by atoms with Gasteiger partial charge in [0.2, 0.25) is 0 Å². The van der Waals surface area contributed by atoms with Gasteiger partial charge < -0.3 is 14.6 Å². The maximum atomic E-state index is 10.9. The van der Waals surface area contributed by atoms with E-state index in [1.54, 1.807) is 0 Å². The first-order chi connectivity index (χ1) is 11.0. The van der Waals surface area contributed by atoms with Gasteiger partial charge in [0.15, 0.2) is 0 Å². The number of aliphatic hydroxyl groups is 2. The molecular formula is C20H26O3. The van der Waals surface area contributed by atoms with Gasteiger partial charge >= 0.3 is 0 Å². The average Bonchev–Trinajstić information content (AvgIpc) is 3.09. The summed E-state index contributed by atoms with van der Waals surface area (Å²) in [5, 5.41) is 20.7. The van der Waals surface area contributed by atoms with E-state index < -0.39 is 5.60 Å². The summed E-state index contributed by atoms with van der Waals surface area (Å²) in [6.45, 7) is 2.35. The Kier molecular flexibility index (Phi) is 2.68. The zero-order valence-electron chi connectivity index (χ0n) is 13.8. The maximum absolute atomic E-state index is 10.9. The molecular weight excluding hydrogens is 288 g/mol. The molecule has 4 aliphatic rings. The Morgan fingerprint density at radius 3 is 3.00 bits per heavy atom. The SMILES string of the molecule is C[C@@]12C=Cc3occc3[C@@H]1CC[C@@]13C[C@@H](CC[C@H]12)[C@@](O)(CO)C3. The first-order valence-electron chi connectivity index (χ1n) is 9.11. The largest absolute Gasteiger partial charge is 0.465 e. The fourth-order valence-corrected chi connectivity index (χ4v) is 7.06. The van der Waals surface area contributed by atoms with Gasteiger partial charge in [0.1, 0.15) is 5.76 Å². The van der Waals surface area contributed by atoms with Gasteiger partial charge in [0, 0.05) is 5.56 Å². The van der Waals surface area contributed by atoms with Crippen molar-refractivity contribution < 1.29 is 14.6 Å². The molecule has 4 aliphatic carbocycles. The number of furan rings is 1. The third-order valence-electron chi connectivity index (χ3n) is 8.02. The van der Waals surface area contributed by atoms with Crippen molar-refractivity contribution in [3.63, 3.8) is 0 Å². The second kappa shape index (κ2) is 4.31. The maximum Gasteiger partial charge on any atom is 0.129 e. The van der Waals surface area contributed by atoms with Gasteiger partial charge in [0.05, 0.1) is 18.5 Å². The highest BCUT2D eigenvalue weighted by atomic mass is 16.3. The van der Waals surface area contributed by atoms with Gasteiger partial charge in [-0.3, -0.25) is 0 Å². The summed E-state index contributed by atoms with van der Waals surface area (Å²) in [5.41, 5.74) is 0.914. The van der Waals surface area contributed by atoms with E-state index in [2.05, 4.69) is 25.1 Å². The third-order valence-corrected chi connectivity index (χ3v) is 8.02. The summed E-state index contributed by atoms with van der Waals surface area (Å²) in [6.07, 6.45) is 12.9. The highest BCUT2D eigenvalue weighted by Crippen LogP contribution is 2.71. The molecule has 0 unspecified atom stereocenters. The Bertz CT molecular complexity index is 676. The van der Waals surface area contributed by atoms with Crippen LogP contribution < -0.4 is 0 Å². The molecule has 1 spiro atoms. The number of allylic oxidation sites excluding steroid dienone is 1. The molecule has 3 heteroatoms. The lowest BCUT2D eigenvalue weighted by Gasteiger charge is -2.58.